The molecule has 0 aliphatic carbocycles. The average Bonchev–Trinajstić information content (AvgIpc) is 2.68. The van der Waals surface area contributed by atoms with Gasteiger partial charge in [-0.3, -0.25) is 4.79 Å². The van der Waals surface area contributed by atoms with Crippen molar-refractivity contribution in [3.05, 3.63) is 59.7 Å². The minimum absolute atomic E-state index is 0.0569. The summed E-state index contributed by atoms with van der Waals surface area (Å²) in [6.45, 7) is 0. The lowest BCUT2D eigenvalue weighted by molar-refractivity contribution is 0.107. The predicted octanol–water partition coefficient (Wildman–Crippen LogP) is 2.59. The van der Waals surface area contributed by atoms with Crippen LogP contribution in [0.5, 0.6) is 0 Å². The number of para-hydroxylation sites is 2. The first kappa shape index (κ1) is 9.78. The number of aliphatic imine (C=N–C) groups is 1. The maximum absolute atomic E-state index is 12.2. The summed E-state index contributed by atoms with van der Waals surface area (Å²) in [5.74, 6) is -0.0569. The number of Topliss-reactive ketones (excluding diaryl/α,β-unsaturated/α-hetero) is 1. The SMILES string of the molecule is Nc1ccccc1C1=Nc2ccccc2C1=O. The molecule has 2 N–H and O–H groups in total. The summed E-state index contributed by atoms with van der Waals surface area (Å²) in [6, 6.07) is 14.6. The number of ketones is 1. The van der Waals surface area contributed by atoms with Gasteiger partial charge >= 0.3 is 0 Å². The van der Waals surface area contributed by atoms with Crippen molar-refractivity contribution < 1.29 is 4.79 Å². The van der Waals surface area contributed by atoms with Gasteiger partial charge in [-0.05, 0) is 18.2 Å². The minimum atomic E-state index is -0.0569. The summed E-state index contributed by atoms with van der Waals surface area (Å²) >= 11 is 0. The van der Waals surface area contributed by atoms with Crippen LogP contribution in [0, 0.1) is 0 Å². The lowest BCUT2D eigenvalue weighted by Crippen LogP contribution is -2.12. The van der Waals surface area contributed by atoms with E-state index in [0.29, 0.717) is 22.5 Å². The molecule has 1 aliphatic rings. The molecule has 0 amide bonds. The fraction of sp³-hybridized carbons (Fsp3) is 0. The maximum atomic E-state index is 12.2. The van der Waals surface area contributed by atoms with Gasteiger partial charge < -0.3 is 5.73 Å². The van der Waals surface area contributed by atoms with Gasteiger partial charge in [-0.2, -0.15) is 0 Å². The average molecular weight is 222 g/mol. The molecule has 0 atom stereocenters. The minimum Gasteiger partial charge on any atom is -0.398 e. The van der Waals surface area contributed by atoms with Crippen molar-refractivity contribution in [1.82, 2.24) is 0 Å². The van der Waals surface area contributed by atoms with Gasteiger partial charge in [-0.15, -0.1) is 0 Å². The Morgan fingerprint density at radius 1 is 0.882 bits per heavy atom. The van der Waals surface area contributed by atoms with Crippen LogP contribution >= 0.6 is 0 Å². The highest BCUT2D eigenvalue weighted by atomic mass is 16.1. The Labute approximate surface area is 98.6 Å². The quantitative estimate of drug-likeness (QED) is 0.754. The summed E-state index contributed by atoms with van der Waals surface area (Å²) in [7, 11) is 0. The van der Waals surface area contributed by atoms with Crippen molar-refractivity contribution in [1.29, 1.82) is 0 Å². The summed E-state index contributed by atoms with van der Waals surface area (Å²) in [6.07, 6.45) is 0. The van der Waals surface area contributed by atoms with Crippen molar-refractivity contribution in [2.24, 2.45) is 4.99 Å². The van der Waals surface area contributed by atoms with Crippen LogP contribution in [-0.2, 0) is 0 Å². The Balaban J connectivity index is 2.16. The molecule has 3 nitrogen and oxygen atoms in total. The van der Waals surface area contributed by atoms with Gasteiger partial charge in [0.15, 0.2) is 0 Å². The number of hydrogen-bond acceptors (Lipinski definition) is 3. The normalized spacial score (nSPS) is 13.4. The third kappa shape index (κ3) is 1.44. The lowest BCUT2D eigenvalue weighted by Gasteiger charge is -2.02. The van der Waals surface area contributed by atoms with Gasteiger partial charge in [0, 0.05) is 16.8 Å². The molecule has 17 heavy (non-hydrogen) atoms. The van der Waals surface area contributed by atoms with Gasteiger partial charge in [0.05, 0.1) is 5.69 Å². The number of nitrogen functional groups attached to an aromatic ring is 1. The molecule has 0 saturated heterocycles. The molecule has 3 rings (SSSR count). The number of anilines is 1. The first-order chi connectivity index (χ1) is 8.27. The third-order valence-electron chi connectivity index (χ3n) is 2.81. The second-order valence-corrected chi connectivity index (χ2v) is 3.89. The fourth-order valence-corrected chi connectivity index (χ4v) is 1.96. The van der Waals surface area contributed by atoms with Crippen molar-refractivity contribution in [2.45, 2.75) is 0 Å². The Kier molecular flexibility index (Phi) is 2.05. The number of nitrogens with two attached hydrogens (primary N) is 1. The highest BCUT2D eigenvalue weighted by molar-refractivity contribution is 6.55. The summed E-state index contributed by atoms with van der Waals surface area (Å²) in [5.41, 5.74) is 8.94. The van der Waals surface area contributed by atoms with E-state index in [4.69, 9.17) is 5.73 Å². The molecule has 1 aliphatic heterocycles. The second-order valence-electron chi connectivity index (χ2n) is 3.89. The Hall–Kier alpha value is -2.42. The molecule has 0 fully saturated rings. The predicted molar refractivity (Wildman–Crippen MR) is 67.8 cm³/mol. The van der Waals surface area contributed by atoms with Crippen LogP contribution in [0.15, 0.2) is 53.5 Å². The van der Waals surface area contributed by atoms with Gasteiger partial charge in [0.25, 0.3) is 0 Å². The van der Waals surface area contributed by atoms with Crippen molar-refractivity contribution in [3.8, 4) is 0 Å². The molecule has 0 unspecified atom stereocenters. The lowest BCUT2D eigenvalue weighted by atomic mass is 10.0. The first-order valence-electron chi connectivity index (χ1n) is 5.34. The van der Waals surface area contributed by atoms with Crippen LogP contribution < -0.4 is 5.73 Å². The van der Waals surface area contributed by atoms with Crippen molar-refractivity contribution in [3.63, 3.8) is 0 Å². The molecule has 0 spiro atoms. The summed E-state index contributed by atoms with van der Waals surface area (Å²) in [5, 5.41) is 0. The van der Waals surface area contributed by atoms with Gasteiger partial charge in [0.1, 0.15) is 5.71 Å². The molecule has 0 radical (unpaired) electrons. The monoisotopic (exact) mass is 222 g/mol. The van der Waals surface area contributed by atoms with E-state index >= 15 is 0 Å². The van der Waals surface area contributed by atoms with Gasteiger partial charge in [-0.1, -0.05) is 30.3 Å². The topological polar surface area (TPSA) is 55.4 Å². The number of nitrogens with zero attached hydrogens (tertiary/aromatic N) is 1. The molecular weight excluding hydrogens is 212 g/mol. The number of rotatable bonds is 1. The molecule has 82 valence electrons. The summed E-state index contributed by atoms with van der Waals surface area (Å²) in [4.78, 5) is 16.5. The van der Waals surface area contributed by atoms with E-state index in [1.165, 1.54) is 0 Å². The molecule has 0 bridgehead atoms. The standard InChI is InChI=1S/C14H10N2O/c15-11-7-3-1-5-9(11)13-14(17)10-6-2-4-8-12(10)16-13/h1-8H,15H2. The van der Waals surface area contributed by atoms with Crippen LogP contribution in [0.1, 0.15) is 15.9 Å². The molecule has 0 aromatic heterocycles. The van der Waals surface area contributed by atoms with Gasteiger partial charge in [0.2, 0.25) is 5.78 Å². The highest BCUT2D eigenvalue weighted by Gasteiger charge is 2.26. The number of benzene rings is 2. The molecule has 2 aromatic rings. The zero-order valence-electron chi connectivity index (χ0n) is 9.05. The number of carbonyl (C=O) groups is 1. The zero-order valence-corrected chi connectivity index (χ0v) is 9.05. The van der Waals surface area contributed by atoms with Crippen LogP contribution in [0.3, 0.4) is 0 Å². The van der Waals surface area contributed by atoms with E-state index in [2.05, 4.69) is 4.99 Å². The Bertz CT molecular complexity index is 644. The van der Waals surface area contributed by atoms with Crippen molar-refractivity contribution >= 4 is 22.9 Å². The molecule has 3 heteroatoms. The molecule has 1 heterocycles. The van der Waals surface area contributed by atoms with Crippen LogP contribution in [0.25, 0.3) is 0 Å². The number of hydrogen-bond donors (Lipinski definition) is 1. The number of fused-ring (bicyclic) bond motifs is 1. The van der Waals surface area contributed by atoms with E-state index in [1.54, 1.807) is 12.1 Å². The Morgan fingerprint density at radius 3 is 2.24 bits per heavy atom. The van der Waals surface area contributed by atoms with E-state index in [-0.39, 0.29) is 5.78 Å². The van der Waals surface area contributed by atoms with Crippen LogP contribution in [0.2, 0.25) is 0 Å². The van der Waals surface area contributed by atoms with Crippen molar-refractivity contribution in [2.75, 3.05) is 5.73 Å². The van der Waals surface area contributed by atoms with Crippen LogP contribution in [0.4, 0.5) is 11.4 Å². The molecule has 2 aromatic carbocycles. The van der Waals surface area contributed by atoms with Crippen LogP contribution in [-0.4, -0.2) is 11.5 Å². The van der Waals surface area contributed by atoms with Gasteiger partial charge in [-0.25, -0.2) is 4.99 Å². The summed E-state index contributed by atoms with van der Waals surface area (Å²) < 4.78 is 0. The largest absolute Gasteiger partial charge is 0.398 e. The first-order valence-corrected chi connectivity index (χ1v) is 5.34. The Morgan fingerprint density at radius 2 is 1.53 bits per heavy atom. The highest BCUT2D eigenvalue weighted by Crippen LogP contribution is 2.29. The van der Waals surface area contributed by atoms with E-state index in [0.717, 1.165) is 5.69 Å². The van der Waals surface area contributed by atoms with E-state index in [9.17, 15) is 4.79 Å². The second kappa shape index (κ2) is 3.56. The third-order valence-corrected chi connectivity index (χ3v) is 2.81. The smallest absolute Gasteiger partial charge is 0.214 e. The number of carbonyl (C=O) groups excluding carboxylic acids is 1. The molecule has 0 saturated carbocycles. The maximum Gasteiger partial charge on any atom is 0.214 e. The zero-order chi connectivity index (χ0) is 11.8. The van der Waals surface area contributed by atoms with E-state index in [1.807, 2.05) is 36.4 Å². The fourth-order valence-electron chi connectivity index (χ4n) is 1.96. The molecular formula is C14H10N2O. The van der Waals surface area contributed by atoms with E-state index < -0.39 is 0 Å².